The molecule has 1 aliphatic heterocycles. The van der Waals surface area contributed by atoms with Crippen molar-refractivity contribution in [2.24, 2.45) is 0 Å². The van der Waals surface area contributed by atoms with E-state index < -0.39 is 23.4 Å². The summed E-state index contributed by atoms with van der Waals surface area (Å²) in [4.78, 5) is 13.0. The van der Waals surface area contributed by atoms with E-state index in [0.717, 1.165) is 0 Å². The van der Waals surface area contributed by atoms with Crippen LogP contribution in [0.15, 0.2) is 57.7 Å². The molecule has 3 aromatic carbocycles. The van der Waals surface area contributed by atoms with Gasteiger partial charge in [-0.05, 0) is 37.3 Å². The highest BCUT2D eigenvalue weighted by Gasteiger charge is 2.34. The molecule has 0 radical (unpaired) electrons. The fourth-order valence-corrected chi connectivity index (χ4v) is 4.29. The van der Waals surface area contributed by atoms with Gasteiger partial charge in [0.2, 0.25) is 11.2 Å². The van der Waals surface area contributed by atoms with E-state index in [0.29, 0.717) is 16.9 Å². The summed E-state index contributed by atoms with van der Waals surface area (Å²) in [7, 11) is 1.42. The molecule has 0 amide bonds. The lowest BCUT2D eigenvalue weighted by Gasteiger charge is -2.33. The van der Waals surface area contributed by atoms with E-state index in [1.807, 2.05) is 0 Å². The number of hydrogen-bond donors (Lipinski definition) is 4. The summed E-state index contributed by atoms with van der Waals surface area (Å²) < 4.78 is 28.6. The van der Waals surface area contributed by atoms with Crippen molar-refractivity contribution in [1.82, 2.24) is 0 Å². The lowest BCUT2D eigenvalue weighted by atomic mass is 10.0. The highest BCUT2D eigenvalue weighted by molar-refractivity contribution is 5.88. The van der Waals surface area contributed by atoms with Crippen LogP contribution in [0, 0.1) is 0 Å². The zero-order valence-corrected chi connectivity index (χ0v) is 19.9. The molecule has 0 saturated carbocycles. The van der Waals surface area contributed by atoms with Gasteiger partial charge in [0, 0.05) is 23.3 Å². The summed E-state index contributed by atoms with van der Waals surface area (Å²) in [6.07, 6.45) is -1.51. The molecule has 5 rings (SSSR count). The van der Waals surface area contributed by atoms with Gasteiger partial charge in [-0.2, -0.15) is 0 Å². The van der Waals surface area contributed by atoms with Gasteiger partial charge in [-0.15, -0.1) is 0 Å². The van der Waals surface area contributed by atoms with Crippen molar-refractivity contribution in [2.75, 3.05) is 20.3 Å². The van der Waals surface area contributed by atoms with Crippen LogP contribution in [-0.2, 0) is 0 Å². The first kappa shape index (κ1) is 24.1. The summed E-state index contributed by atoms with van der Waals surface area (Å²) in [5.41, 5.74) is 0.211. The Bertz CT molecular complexity index is 1540. The SMILES string of the molecule is CCOc1cc(O)cc2oc(-c3ccc4c(c3)OC(c3ccc(O)c(OC)c3)C(CO)O4)c(O)c(=O)c12. The molecule has 4 N–H and O–H groups in total. The van der Waals surface area contributed by atoms with Crippen LogP contribution in [0.25, 0.3) is 22.3 Å². The van der Waals surface area contributed by atoms with Crippen LogP contribution in [0.1, 0.15) is 18.6 Å². The monoisotopic (exact) mass is 508 g/mol. The Kier molecular flexibility index (Phi) is 6.18. The molecule has 0 spiro atoms. The lowest BCUT2D eigenvalue weighted by molar-refractivity contribution is -0.0123. The van der Waals surface area contributed by atoms with Crippen LogP contribution in [0.5, 0.6) is 40.2 Å². The number of ether oxygens (including phenoxy) is 4. The number of phenols is 2. The number of hydrogen-bond acceptors (Lipinski definition) is 10. The van der Waals surface area contributed by atoms with E-state index in [1.54, 1.807) is 31.2 Å². The van der Waals surface area contributed by atoms with Crippen LogP contribution in [-0.4, -0.2) is 46.9 Å². The quantitative estimate of drug-likeness (QED) is 0.303. The number of benzene rings is 3. The van der Waals surface area contributed by atoms with Gasteiger partial charge >= 0.3 is 0 Å². The molecule has 1 aliphatic rings. The minimum atomic E-state index is -0.759. The fourth-order valence-electron chi connectivity index (χ4n) is 4.29. The predicted molar refractivity (Wildman–Crippen MR) is 132 cm³/mol. The predicted octanol–water partition coefficient (Wildman–Crippen LogP) is 3.86. The molecule has 0 fully saturated rings. The van der Waals surface area contributed by atoms with Crippen LogP contribution in [0.2, 0.25) is 0 Å². The number of aromatic hydroxyl groups is 3. The molecule has 0 saturated heterocycles. The fraction of sp³-hybridized carbons (Fsp3) is 0.222. The first-order valence-electron chi connectivity index (χ1n) is 11.5. The Morgan fingerprint density at radius 2 is 1.76 bits per heavy atom. The average molecular weight is 508 g/mol. The van der Waals surface area contributed by atoms with Gasteiger partial charge in [0.15, 0.2) is 41.0 Å². The minimum absolute atomic E-state index is 0.00516. The zero-order valence-electron chi connectivity index (χ0n) is 19.9. The van der Waals surface area contributed by atoms with Gasteiger partial charge in [-0.25, -0.2) is 0 Å². The van der Waals surface area contributed by atoms with Crippen molar-refractivity contribution >= 4 is 11.0 Å². The molecule has 2 heterocycles. The maximum Gasteiger partial charge on any atom is 0.238 e. The number of aliphatic hydroxyl groups excluding tert-OH is 1. The molecular formula is C27H24O10. The second-order valence-electron chi connectivity index (χ2n) is 8.33. The maximum absolute atomic E-state index is 13.0. The van der Waals surface area contributed by atoms with Gasteiger partial charge in [-0.1, -0.05) is 6.07 Å². The first-order valence-corrected chi connectivity index (χ1v) is 11.5. The Hall–Kier alpha value is -4.57. The number of fused-ring (bicyclic) bond motifs is 2. The topological polar surface area (TPSA) is 148 Å². The van der Waals surface area contributed by atoms with Crippen molar-refractivity contribution in [3.8, 4) is 51.6 Å². The van der Waals surface area contributed by atoms with Crippen LogP contribution in [0.4, 0.5) is 0 Å². The molecule has 192 valence electrons. The third kappa shape index (κ3) is 4.21. The number of phenolic OH excluding ortho intramolecular Hbond substituents is 2. The molecule has 10 heteroatoms. The summed E-state index contributed by atoms with van der Waals surface area (Å²) in [5.74, 6) is -0.0528. The van der Waals surface area contributed by atoms with Gasteiger partial charge in [-0.3, -0.25) is 4.79 Å². The number of methoxy groups -OCH3 is 1. The van der Waals surface area contributed by atoms with Crippen molar-refractivity contribution in [3.05, 3.63) is 64.3 Å². The smallest absolute Gasteiger partial charge is 0.238 e. The second kappa shape index (κ2) is 9.47. The third-order valence-corrected chi connectivity index (χ3v) is 6.01. The first-order chi connectivity index (χ1) is 17.8. The highest BCUT2D eigenvalue weighted by atomic mass is 16.6. The van der Waals surface area contributed by atoms with Crippen molar-refractivity contribution < 1.29 is 43.8 Å². The normalized spacial score (nSPS) is 16.5. The number of rotatable bonds is 6. The summed E-state index contributed by atoms with van der Waals surface area (Å²) >= 11 is 0. The third-order valence-electron chi connectivity index (χ3n) is 6.01. The largest absolute Gasteiger partial charge is 0.508 e. The number of aliphatic hydroxyl groups is 1. The standard InChI is InChI=1S/C27H24O10/c1-3-34-20-10-15(29)11-21-23(20)24(31)25(32)27(37-21)14-5-7-17-19(9-14)36-26(22(12-28)35-17)13-4-6-16(30)18(8-13)33-2/h4-11,22,26,28-30,32H,3,12H2,1-2H3. The van der Waals surface area contributed by atoms with Crippen LogP contribution < -0.4 is 24.4 Å². The van der Waals surface area contributed by atoms with E-state index in [2.05, 4.69) is 0 Å². The molecule has 0 aliphatic carbocycles. The van der Waals surface area contributed by atoms with E-state index in [9.17, 15) is 25.2 Å². The maximum atomic E-state index is 13.0. The van der Waals surface area contributed by atoms with Crippen molar-refractivity contribution in [2.45, 2.75) is 19.1 Å². The molecule has 2 atom stereocenters. The lowest BCUT2D eigenvalue weighted by Crippen LogP contribution is -2.36. The Labute approximate surface area is 210 Å². The molecule has 37 heavy (non-hydrogen) atoms. The average Bonchev–Trinajstić information content (AvgIpc) is 2.89. The van der Waals surface area contributed by atoms with Gasteiger partial charge < -0.3 is 43.8 Å². The van der Waals surface area contributed by atoms with Crippen molar-refractivity contribution in [3.63, 3.8) is 0 Å². The Morgan fingerprint density at radius 3 is 2.49 bits per heavy atom. The highest BCUT2D eigenvalue weighted by Crippen LogP contribution is 2.44. The molecule has 2 unspecified atom stereocenters. The van der Waals surface area contributed by atoms with E-state index in [4.69, 9.17) is 23.4 Å². The summed E-state index contributed by atoms with van der Waals surface area (Å²) in [6, 6.07) is 11.9. The van der Waals surface area contributed by atoms with E-state index in [1.165, 1.54) is 31.4 Å². The summed E-state index contributed by atoms with van der Waals surface area (Å²) in [5, 5.41) is 40.7. The Morgan fingerprint density at radius 1 is 0.946 bits per heavy atom. The minimum Gasteiger partial charge on any atom is -0.508 e. The van der Waals surface area contributed by atoms with Gasteiger partial charge in [0.1, 0.15) is 22.5 Å². The van der Waals surface area contributed by atoms with Gasteiger partial charge in [0.25, 0.3) is 0 Å². The van der Waals surface area contributed by atoms with Crippen LogP contribution in [0.3, 0.4) is 0 Å². The van der Waals surface area contributed by atoms with E-state index in [-0.39, 0.29) is 58.7 Å². The van der Waals surface area contributed by atoms with Crippen molar-refractivity contribution in [1.29, 1.82) is 0 Å². The second-order valence-corrected chi connectivity index (χ2v) is 8.33. The molecule has 0 bridgehead atoms. The molecule has 1 aromatic heterocycles. The zero-order chi connectivity index (χ0) is 26.3. The van der Waals surface area contributed by atoms with Gasteiger partial charge in [0.05, 0.1) is 20.3 Å². The molecular weight excluding hydrogens is 484 g/mol. The summed E-state index contributed by atoms with van der Waals surface area (Å²) in [6.45, 7) is 1.62. The van der Waals surface area contributed by atoms with Crippen LogP contribution >= 0.6 is 0 Å². The Balaban J connectivity index is 1.59. The van der Waals surface area contributed by atoms with E-state index >= 15 is 0 Å². The molecule has 10 nitrogen and oxygen atoms in total. The molecule has 4 aromatic rings.